The van der Waals surface area contributed by atoms with Crippen LogP contribution in [0.1, 0.15) is 86.1 Å². The van der Waals surface area contributed by atoms with Crippen molar-refractivity contribution in [3.63, 3.8) is 0 Å². The molecule has 36 heavy (non-hydrogen) atoms. The number of hydrogen-bond acceptors (Lipinski definition) is 8. The molecule has 0 amide bonds. The first-order chi connectivity index (χ1) is 17.6. The summed E-state index contributed by atoms with van der Waals surface area (Å²) < 4.78 is 16.8. The van der Waals surface area contributed by atoms with Gasteiger partial charge in [-0.2, -0.15) is 8.75 Å². The molecule has 1 aromatic carbocycles. The predicted molar refractivity (Wildman–Crippen MR) is 164 cm³/mol. The van der Waals surface area contributed by atoms with E-state index < -0.39 is 0 Å². The number of rotatable bonds is 12. The standard InChI is InChI=1S/C28H36N4S4/c1-5-7-9-11-13-19-15-21(33-17(19)3)23-25-27(31-35-29-25)24(28-26(23)30-36-32-28)22-16-20(18(4)34-22)14-12-10-8-6-2/h15-16,29,31H,5-14H2,1-4H3. The maximum atomic E-state index is 4.85. The molecule has 0 spiro atoms. The Morgan fingerprint density at radius 2 is 1.14 bits per heavy atom. The van der Waals surface area contributed by atoms with Crippen LogP contribution in [0, 0.1) is 13.8 Å². The Hall–Kier alpha value is -1.61. The Morgan fingerprint density at radius 3 is 1.58 bits per heavy atom. The zero-order valence-corrected chi connectivity index (χ0v) is 25.0. The number of nitrogens with zero attached hydrogens (tertiary/aromatic N) is 2. The van der Waals surface area contributed by atoms with Crippen molar-refractivity contribution < 1.29 is 0 Å². The zero-order chi connectivity index (χ0) is 25.1. The lowest BCUT2D eigenvalue weighted by atomic mass is 9.99. The van der Waals surface area contributed by atoms with Crippen LogP contribution in [-0.4, -0.2) is 8.75 Å². The van der Waals surface area contributed by atoms with Gasteiger partial charge in [-0.05, 0) is 62.8 Å². The minimum Gasteiger partial charge on any atom is -0.309 e. The molecule has 0 saturated heterocycles. The molecule has 0 saturated carbocycles. The molecule has 0 atom stereocenters. The van der Waals surface area contributed by atoms with Gasteiger partial charge in [-0.25, -0.2) is 0 Å². The van der Waals surface area contributed by atoms with E-state index in [0.29, 0.717) is 0 Å². The molecule has 4 heterocycles. The van der Waals surface area contributed by atoms with Gasteiger partial charge in [0.15, 0.2) is 0 Å². The van der Waals surface area contributed by atoms with Crippen molar-refractivity contribution in [1.29, 1.82) is 0 Å². The Balaban J connectivity index is 1.53. The second kappa shape index (κ2) is 11.8. The van der Waals surface area contributed by atoms with E-state index in [1.807, 2.05) is 22.7 Å². The van der Waals surface area contributed by atoms with E-state index in [1.54, 1.807) is 12.1 Å². The van der Waals surface area contributed by atoms with Gasteiger partial charge < -0.3 is 9.44 Å². The Bertz CT molecular complexity index is 1240. The zero-order valence-electron chi connectivity index (χ0n) is 21.8. The van der Waals surface area contributed by atoms with E-state index in [0.717, 1.165) is 35.2 Å². The highest BCUT2D eigenvalue weighted by Gasteiger charge is 2.29. The maximum Gasteiger partial charge on any atom is 0.116 e. The highest BCUT2D eigenvalue weighted by molar-refractivity contribution is 8.02. The second-order valence-corrected chi connectivity index (χ2v) is 13.4. The molecule has 1 aliphatic rings. The number of hydrogen-bond donors (Lipinski definition) is 2. The van der Waals surface area contributed by atoms with Gasteiger partial charge in [-0.15, -0.1) is 22.7 Å². The normalized spacial score (nSPS) is 12.8. The van der Waals surface area contributed by atoms with Crippen molar-refractivity contribution in [1.82, 2.24) is 8.75 Å². The summed E-state index contributed by atoms with van der Waals surface area (Å²) >= 11 is 6.68. The number of benzene rings is 1. The SMILES string of the molecule is CCCCCCc1cc(-c2c3c(c(-c4cc(CCCCCC)c(C)s4)c4nsnc24)NSN3)sc1C. The monoisotopic (exact) mass is 556 g/mol. The van der Waals surface area contributed by atoms with Crippen LogP contribution in [0.25, 0.3) is 31.9 Å². The summed E-state index contributed by atoms with van der Waals surface area (Å²) in [4.78, 5) is 5.45. The lowest BCUT2D eigenvalue weighted by molar-refractivity contribution is 0.666. The van der Waals surface area contributed by atoms with Crippen LogP contribution in [-0.2, 0) is 12.8 Å². The molecule has 192 valence electrons. The Labute approximate surface area is 231 Å². The third-order valence-electron chi connectivity index (χ3n) is 7.15. The number of fused-ring (bicyclic) bond motifs is 2. The van der Waals surface area contributed by atoms with Gasteiger partial charge in [0.1, 0.15) is 11.0 Å². The van der Waals surface area contributed by atoms with Crippen molar-refractivity contribution in [2.24, 2.45) is 0 Å². The summed E-state index contributed by atoms with van der Waals surface area (Å²) in [5, 5.41) is 0. The largest absolute Gasteiger partial charge is 0.309 e. The molecule has 0 bridgehead atoms. The first kappa shape index (κ1) is 26.0. The molecule has 1 aliphatic heterocycles. The summed E-state index contributed by atoms with van der Waals surface area (Å²) in [6, 6.07) is 4.82. The molecule has 3 aromatic heterocycles. The molecular formula is C28H36N4S4. The number of aryl methyl sites for hydroxylation is 4. The smallest absolute Gasteiger partial charge is 0.116 e. The van der Waals surface area contributed by atoms with Gasteiger partial charge in [-0.3, -0.25) is 0 Å². The molecule has 4 nitrogen and oxygen atoms in total. The molecule has 0 fully saturated rings. The summed E-state index contributed by atoms with van der Waals surface area (Å²) in [5.41, 5.74) is 9.75. The number of unbranched alkanes of at least 4 members (excludes halogenated alkanes) is 6. The number of aromatic nitrogens is 2. The third-order valence-corrected chi connectivity index (χ3v) is 10.5. The van der Waals surface area contributed by atoms with Gasteiger partial charge in [0.2, 0.25) is 0 Å². The molecule has 0 aliphatic carbocycles. The number of thiophene rings is 2. The van der Waals surface area contributed by atoms with Crippen LogP contribution in [0.5, 0.6) is 0 Å². The Morgan fingerprint density at radius 1 is 0.667 bits per heavy atom. The minimum absolute atomic E-state index is 1.03. The van der Waals surface area contributed by atoms with E-state index in [1.165, 1.54) is 105 Å². The summed E-state index contributed by atoms with van der Waals surface area (Å²) in [5.74, 6) is 0. The highest BCUT2D eigenvalue weighted by Crippen LogP contribution is 2.54. The third kappa shape index (κ3) is 5.19. The minimum atomic E-state index is 1.03. The number of anilines is 2. The van der Waals surface area contributed by atoms with Gasteiger partial charge in [-0.1, -0.05) is 52.4 Å². The summed E-state index contributed by atoms with van der Waals surface area (Å²) in [6.07, 6.45) is 12.7. The van der Waals surface area contributed by atoms with Gasteiger partial charge >= 0.3 is 0 Å². The average Bonchev–Trinajstić information content (AvgIpc) is 3.66. The molecular weight excluding hydrogens is 521 g/mol. The van der Waals surface area contributed by atoms with E-state index in [4.69, 9.17) is 8.75 Å². The van der Waals surface area contributed by atoms with E-state index in [9.17, 15) is 0 Å². The molecule has 8 heteroatoms. The lowest BCUT2D eigenvalue weighted by Crippen LogP contribution is -1.91. The predicted octanol–water partition coefficient (Wildman–Crippen LogP) is 10.4. The molecule has 0 radical (unpaired) electrons. The molecule has 2 N–H and O–H groups in total. The van der Waals surface area contributed by atoms with Crippen molar-refractivity contribution in [2.45, 2.75) is 91.9 Å². The summed E-state index contributed by atoms with van der Waals surface area (Å²) in [7, 11) is 0. The molecule has 5 rings (SSSR count). The first-order valence-corrected chi connectivity index (χ1v) is 16.5. The summed E-state index contributed by atoms with van der Waals surface area (Å²) in [6.45, 7) is 9.09. The van der Waals surface area contributed by atoms with Crippen molar-refractivity contribution >= 4 is 68.9 Å². The fraction of sp³-hybridized carbons (Fsp3) is 0.500. The number of nitrogens with one attached hydrogen (secondary N) is 2. The van der Waals surface area contributed by atoms with E-state index in [2.05, 4.69) is 49.3 Å². The highest BCUT2D eigenvalue weighted by atomic mass is 32.2. The fourth-order valence-electron chi connectivity index (χ4n) is 5.08. The van der Waals surface area contributed by atoms with Crippen molar-refractivity contribution in [3.8, 4) is 20.9 Å². The van der Waals surface area contributed by atoms with Crippen LogP contribution in [0.15, 0.2) is 12.1 Å². The lowest BCUT2D eigenvalue weighted by Gasteiger charge is -2.11. The van der Waals surface area contributed by atoms with E-state index >= 15 is 0 Å². The van der Waals surface area contributed by atoms with Crippen LogP contribution < -0.4 is 9.44 Å². The fourth-order valence-corrected chi connectivity index (χ4v) is 8.55. The topological polar surface area (TPSA) is 49.8 Å². The first-order valence-electron chi connectivity index (χ1n) is 13.3. The van der Waals surface area contributed by atoms with E-state index in [-0.39, 0.29) is 0 Å². The van der Waals surface area contributed by atoms with Gasteiger partial charge in [0.05, 0.1) is 35.2 Å². The Kier molecular flexibility index (Phi) is 8.56. The molecule has 0 unspecified atom stereocenters. The quantitative estimate of drug-likeness (QED) is 0.134. The van der Waals surface area contributed by atoms with Crippen molar-refractivity contribution in [2.75, 3.05) is 9.44 Å². The second-order valence-electron chi connectivity index (χ2n) is 9.77. The molecule has 4 aromatic rings. The van der Waals surface area contributed by atoms with Gasteiger partial charge in [0, 0.05) is 30.6 Å². The van der Waals surface area contributed by atoms with Crippen LogP contribution in [0.4, 0.5) is 11.4 Å². The van der Waals surface area contributed by atoms with Crippen LogP contribution in [0.2, 0.25) is 0 Å². The van der Waals surface area contributed by atoms with Crippen LogP contribution in [0.3, 0.4) is 0 Å². The maximum absolute atomic E-state index is 4.85. The average molecular weight is 557 g/mol. The van der Waals surface area contributed by atoms with Gasteiger partial charge in [0.25, 0.3) is 0 Å². The van der Waals surface area contributed by atoms with Crippen molar-refractivity contribution in [3.05, 3.63) is 33.0 Å². The van der Waals surface area contributed by atoms with Crippen LogP contribution >= 0.6 is 46.5 Å².